The van der Waals surface area contributed by atoms with Crippen LogP contribution in [-0.4, -0.2) is 28.2 Å². The highest BCUT2D eigenvalue weighted by atomic mass is 16.5. The van der Waals surface area contributed by atoms with Crippen LogP contribution in [0.3, 0.4) is 0 Å². The lowest BCUT2D eigenvalue weighted by atomic mass is 10.1. The van der Waals surface area contributed by atoms with Gasteiger partial charge in [-0.1, -0.05) is 5.16 Å². The number of ether oxygens (including phenoxy) is 1. The fourth-order valence-corrected chi connectivity index (χ4v) is 2.23. The number of benzene rings is 1. The predicted octanol–water partition coefficient (Wildman–Crippen LogP) is 2.96. The lowest BCUT2D eigenvalue weighted by molar-refractivity contribution is -0.115. The van der Waals surface area contributed by atoms with Gasteiger partial charge in [0.25, 0.3) is 0 Å². The Labute approximate surface area is 139 Å². The van der Waals surface area contributed by atoms with E-state index in [1.54, 1.807) is 13.8 Å². The van der Waals surface area contributed by atoms with Crippen LogP contribution in [0.1, 0.15) is 41.2 Å². The number of hydrogen-bond acceptors (Lipinski definition) is 5. The number of amides is 1. The van der Waals surface area contributed by atoms with Gasteiger partial charge >= 0.3 is 5.97 Å². The molecular weight excluding hydrogens is 312 g/mol. The second-order valence-corrected chi connectivity index (χ2v) is 5.71. The molecular formula is C17H20N2O5. The van der Waals surface area contributed by atoms with Gasteiger partial charge < -0.3 is 19.7 Å². The van der Waals surface area contributed by atoms with Crippen LogP contribution in [0.5, 0.6) is 5.75 Å². The first-order chi connectivity index (χ1) is 11.3. The molecule has 0 saturated carbocycles. The Balaban J connectivity index is 2.24. The molecule has 2 rings (SSSR count). The second kappa shape index (κ2) is 7.16. The van der Waals surface area contributed by atoms with Crippen LogP contribution in [0.4, 0.5) is 5.69 Å². The van der Waals surface area contributed by atoms with Gasteiger partial charge in [0.15, 0.2) is 0 Å². The molecule has 0 aliphatic rings. The third kappa shape index (κ3) is 4.13. The van der Waals surface area contributed by atoms with E-state index in [1.165, 1.54) is 18.2 Å². The molecule has 7 heteroatoms. The number of aryl methyl sites for hydroxylation is 2. The molecule has 0 atom stereocenters. The standard InChI is InChI=1S/C17H20N2O5/c1-9(2)23-15-6-5-12(17(21)22)7-14(15)18-16(20)8-13-10(3)19-24-11(13)4/h5-7,9H,8H2,1-4H3,(H,18,20)(H,21,22). The summed E-state index contributed by atoms with van der Waals surface area (Å²) in [7, 11) is 0. The van der Waals surface area contributed by atoms with E-state index in [2.05, 4.69) is 10.5 Å². The molecule has 1 amide bonds. The fraction of sp³-hybridized carbons (Fsp3) is 0.353. The normalized spacial score (nSPS) is 10.7. The molecule has 1 aromatic carbocycles. The number of carboxylic acids is 1. The molecule has 1 heterocycles. The van der Waals surface area contributed by atoms with Crippen LogP contribution >= 0.6 is 0 Å². The van der Waals surface area contributed by atoms with Crippen molar-refractivity contribution in [2.75, 3.05) is 5.32 Å². The highest BCUT2D eigenvalue weighted by Gasteiger charge is 2.17. The van der Waals surface area contributed by atoms with E-state index in [1.807, 2.05) is 13.8 Å². The smallest absolute Gasteiger partial charge is 0.335 e. The Hall–Kier alpha value is -2.83. The Bertz CT molecular complexity index is 745. The summed E-state index contributed by atoms with van der Waals surface area (Å²) < 4.78 is 10.7. The van der Waals surface area contributed by atoms with E-state index in [0.717, 1.165) is 0 Å². The zero-order valence-corrected chi connectivity index (χ0v) is 14.0. The Morgan fingerprint density at radius 2 is 2.04 bits per heavy atom. The molecule has 2 aromatic rings. The van der Waals surface area contributed by atoms with Crippen molar-refractivity contribution in [2.45, 2.75) is 40.2 Å². The van der Waals surface area contributed by atoms with Gasteiger partial charge in [0.2, 0.25) is 5.91 Å². The molecule has 0 bridgehead atoms. The molecule has 128 valence electrons. The first-order valence-corrected chi connectivity index (χ1v) is 7.53. The van der Waals surface area contributed by atoms with Crippen molar-refractivity contribution in [3.8, 4) is 5.75 Å². The fourth-order valence-electron chi connectivity index (χ4n) is 2.23. The van der Waals surface area contributed by atoms with Gasteiger partial charge in [-0.3, -0.25) is 4.79 Å². The summed E-state index contributed by atoms with van der Waals surface area (Å²) in [5.41, 5.74) is 1.76. The molecule has 2 N–H and O–H groups in total. The summed E-state index contributed by atoms with van der Waals surface area (Å²) in [6, 6.07) is 4.35. The van der Waals surface area contributed by atoms with Crippen LogP contribution in [0.2, 0.25) is 0 Å². The van der Waals surface area contributed by atoms with Gasteiger partial charge in [-0.25, -0.2) is 4.79 Å². The van der Waals surface area contributed by atoms with Gasteiger partial charge in [0.1, 0.15) is 11.5 Å². The number of nitrogens with one attached hydrogen (secondary N) is 1. The molecule has 0 spiro atoms. The average Bonchev–Trinajstić information content (AvgIpc) is 2.80. The molecule has 0 unspecified atom stereocenters. The quantitative estimate of drug-likeness (QED) is 0.843. The van der Waals surface area contributed by atoms with Crippen LogP contribution in [0.15, 0.2) is 22.7 Å². The van der Waals surface area contributed by atoms with E-state index in [4.69, 9.17) is 14.4 Å². The number of carboxylic acid groups (broad SMARTS) is 1. The third-order valence-corrected chi connectivity index (χ3v) is 3.38. The summed E-state index contributed by atoms with van der Waals surface area (Å²) in [6.07, 6.45) is -0.0292. The van der Waals surface area contributed by atoms with Crippen LogP contribution < -0.4 is 10.1 Å². The van der Waals surface area contributed by atoms with E-state index in [0.29, 0.717) is 28.5 Å². The number of anilines is 1. The van der Waals surface area contributed by atoms with Crippen molar-refractivity contribution in [1.82, 2.24) is 5.16 Å². The summed E-state index contributed by atoms with van der Waals surface area (Å²) in [6.45, 7) is 7.19. The van der Waals surface area contributed by atoms with Gasteiger partial charge in [-0.05, 0) is 45.9 Å². The lowest BCUT2D eigenvalue weighted by Crippen LogP contribution is -2.17. The number of carbonyl (C=O) groups is 2. The molecule has 0 saturated heterocycles. The largest absolute Gasteiger partial charge is 0.489 e. The van der Waals surface area contributed by atoms with Crippen LogP contribution in [0.25, 0.3) is 0 Å². The monoisotopic (exact) mass is 332 g/mol. The second-order valence-electron chi connectivity index (χ2n) is 5.71. The first kappa shape index (κ1) is 17.5. The maximum atomic E-state index is 12.3. The lowest BCUT2D eigenvalue weighted by Gasteiger charge is -2.15. The van der Waals surface area contributed by atoms with Gasteiger partial charge in [0, 0.05) is 5.56 Å². The summed E-state index contributed by atoms with van der Waals surface area (Å²) in [5.74, 6) is -0.379. The van der Waals surface area contributed by atoms with Gasteiger partial charge in [0.05, 0.1) is 29.5 Å². The number of nitrogens with zero attached hydrogens (tertiary/aromatic N) is 1. The van der Waals surface area contributed by atoms with E-state index in [9.17, 15) is 9.59 Å². The highest BCUT2D eigenvalue weighted by molar-refractivity contribution is 5.96. The zero-order chi connectivity index (χ0) is 17.9. The number of aromatic carboxylic acids is 1. The molecule has 1 aromatic heterocycles. The molecule has 0 radical (unpaired) electrons. The van der Waals surface area contributed by atoms with Crippen molar-refractivity contribution in [1.29, 1.82) is 0 Å². The maximum Gasteiger partial charge on any atom is 0.335 e. The molecule has 24 heavy (non-hydrogen) atoms. The van der Waals surface area contributed by atoms with Gasteiger partial charge in [-0.15, -0.1) is 0 Å². The molecule has 0 aliphatic carbocycles. The van der Waals surface area contributed by atoms with E-state index in [-0.39, 0.29) is 24.0 Å². The number of rotatable bonds is 6. The van der Waals surface area contributed by atoms with Crippen LogP contribution in [0, 0.1) is 13.8 Å². The minimum absolute atomic E-state index is 0.0683. The predicted molar refractivity (Wildman–Crippen MR) is 87.5 cm³/mol. The Morgan fingerprint density at radius 3 is 2.58 bits per heavy atom. The third-order valence-electron chi connectivity index (χ3n) is 3.38. The SMILES string of the molecule is Cc1noc(C)c1CC(=O)Nc1cc(C(=O)O)ccc1OC(C)C. The first-order valence-electron chi connectivity index (χ1n) is 7.53. The minimum Gasteiger partial charge on any atom is -0.489 e. The number of aromatic nitrogens is 1. The zero-order valence-electron chi connectivity index (χ0n) is 14.0. The van der Waals surface area contributed by atoms with E-state index < -0.39 is 5.97 Å². The van der Waals surface area contributed by atoms with E-state index >= 15 is 0 Å². The van der Waals surface area contributed by atoms with Crippen molar-refractivity contribution >= 4 is 17.6 Å². The molecule has 0 fully saturated rings. The number of hydrogen-bond donors (Lipinski definition) is 2. The summed E-state index contributed by atoms with van der Waals surface area (Å²) >= 11 is 0. The highest BCUT2D eigenvalue weighted by Crippen LogP contribution is 2.27. The maximum absolute atomic E-state index is 12.3. The summed E-state index contributed by atoms with van der Waals surface area (Å²) in [4.78, 5) is 23.5. The minimum atomic E-state index is -1.08. The van der Waals surface area contributed by atoms with Crippen LogP contribution in [-0.2, 0) is 11.2 Å². The number of carbonyl (C=O) groups excluding carboxylic acids is 1. The molecule has 7 nitrogen and oxygen atoms in total. The molecule has 0 aliphatic heterocycles. The average molecular weight is 332 g/mol. The van der Waals surface area contributed by atoms with Crippen molar-refractivity contribution in [2.24, 2.45) is 0 Å². The Morgan fingerprint density at radius 1 is 1.33 bits per heavy atom. The topological polar surface area (TPSA) is 102 Å². The summed E-state index contributed by atoms with van der Waals surface area (Å²) in [5, 5.41) is 15.6. The van der Waals surface area contributed by atoms with Crippen molar-refractivity contribution in [3.63, 3.8) is 0 Å². The Kier molecular flexibility index (Phi) is 5.23. The van der Waals surface area contributed by atoms with Crippen molar-refractivity contribution in [3.05, 3.63) is 40.8 Å². The van der Waals surface area contributed by atoms with Crippen molar-refractivity contribution < 1.29 is 24.0 Å². The van der Waals surface area contributed by atoms with Gasteiger partial charge in [-0.2, -0.15) is 0 Å².